The number of imidazole rings is 1. The molecule has 1 aliphatic heterocycles. The highest BCUT2D eigenvalue weighted by Gasteiger charge is 2.13. The van der Waals surface area contributed by atoms with Gasteiger partial charge in [0.1, 0.15) is 29.1 Å². The highest BCUT2D eigenvalue weighted by Crippen LogP contribution is 2.27. The number of carbonyl (C=O) groups is 1. The van der Waals surface area contributed by atoms with Crippen molar-refractivity contribution in [2.45, 2.75) is 13.0 Å². The van der Waals surface area contributed by atoms with E-state index < -0.39 is 0 Å². The molecule has 7 nitrogen and oxygen atoms in total. The van der Waals surface area contributed by atoms with Crippen molar-refractivity contribution >= 4 is 39.7 Å². The van der Waals surface area contributed by atoms with Crippen molar-refractivity contribution in [1.29, 1.82) is 5.26 Å². The van der Waals surface area contributed by atoms with Gasteiger partial charge in [0.05, 0.1) is 11.0 Å². The summed E-state index contributed by atoms with van der Waals surface area (Å²) in [4.78, 5) is 22.4. The number of amides is 1. The van der Waals surface area contributed by atoms with Gasteiger partial charge in [-0.3, -0.25) is 4.79 Å². The van der Waals surface area contributed by atoms with Gasteiger partial charge in [0.2, 0.25) is 0 Å². The second-order valence-corrected chi connectivity index (χ2v) is 9.68. The summed E-state index contributed by atoms with van der Waals surface area (Å²) in [6, 6.07) is 24.9. The molecule has 0 unspecified atom stereocenters. The van der Waals surface area contributed by atoms with Crippen LogP contribution in [-0.2, 0) is 13.0 Å². The highest BCUT2D eigenvalue weighted by molar-refractivity contribution is 7.12. The molecule has 0 radical (unpaired) electrons. The van der Waals surface area contributed by atoms with E-state index in [0.717, 1.165) is 57.4 Å². The Morgan fingerprint density at radius 1 is 1.08 bits per heavy atom. The van der Waals surface area contributed by atoms with Crippen molar-refractivity contribution in [2.75, 3.05) is 17.2 Å². The number of hydrogen-bond donors (Lipinski definition) is 3. The fourth-order valence-corrected chi connectivity index (χ4v) is 4.95. The summed E-state index contributed by atoms with van der Waals surface area (Å²) in [5.74, 6) is 1.28. The monoisotopic (exact) mass is 491 g/mol. The maximum atomic E-state index is 12.7. The summed E-state index contributed by atoms with van der Waals surface area (Å²) in [5.41, 5.74) is 6.28. The summed E-state index contributed by atoms with van der Waals surface area (Å²) in [7, 11) is 0. The molecule has 0 spiro atoms. The van der Waals surface area contributed by atoms with E-state index in [9.17, 15) is 4.79 Å². The number of carbonyl (C=O) groups excluding carboxylic acids is 1. The predicted octanol–water partition coefficient (Wildman–Crippen LogP) is 5.96. The van der Waals surface area contributed by atoms with E-state index >= 15 is 0 Å². The average Bonchev–Trinajstić information content (AvgIpc) is 3.66. The van der Waals surface area contributed by atoms with E-state index in [-0.39, 0.29) is 5.91 Å². The van der Waals surface area contributed by atoms with Crippen molar-refractivity contribution in [1.82, 2.24) is 9.97 Å². The topological polar surface area (TPSA) is 103 Å². The van der Waals surface area contributed by atoms with Crippen LogP contribution in [0.2, 0.25) is 0 Å². The summed E-state index contributed by atoms with van der Waals surface area (Å²) in [6.45, 7) is 1.34. The molecule has 0 fully saturated rings. The van der Waals surface area contributed by atoms with E-state index in [1.54, 1.807) is 18.2 Å². The predicted molar refractivity (Wildman–Crippen MR) is 141 cm³/mol. The molecule has 1 amide bonds. The number of nitrogens with zero attached hydrogens (tertiary/aromatic N) is 2. The zero-order chi connectivity index (χ0) is 24.5. The molecule has 36 heavy (non-hydrogen) atoms. The van der Waals surface area contributed by atoms with Crippen molar-refractivity contribution in [3.05, 3.63) is 93.7 Å². The molecule has 3 aromatic carbocycles. The van der Waals surface area contributed by atoms with Crippen molar-refractivity contribution in [3.8, 4) is 23.2 Å². The maximum absolute atomic E-state index is 12.7. The van der Waals surface area contributed by atoms with Crippen LogP contribution in [0.3, 0.4) is 0 Å². The molecule has 0 saturated carbocycles. The molecule has 0 bridgehead atoms. The van der Waals surface area contributed by atoms with Gasteiger partial charge in [-0.1, -0.05) is 18.2 Å². The minimum absolute atomic E-state index is 0.154. The standard InChI is InChI=1S/C28H21N5O2S/c29-15-22-8-9-23(36-22)16-35-21-7-10-24-26(14-21)33-27(32-24)18-1-3-19(4-2-18)28(34)31-20-6-5-17-11-12-30-25(17)13-20/h1-10,13-14,30H,11-12,16H2,(H,31,34)(H,32,33). The van der Waals surface area contributed by atoms with Crippen LogP contribution in [0.25, 0.3) is 22.4 Å². The molecule has 3 heterocycles. The first-order valence-corrected chi connectivity index (χ1v) is 12.4. The van der Waals surface area contributed by atoms with E-state index in [1.807, 2.05) is 48.5 Å². The number of ether oxygens (including phenoxy) is 1. The van der Waals surface area contributed by atoms with Crippen LogP contribution < -0.4 is 15.4 Å². The third kappa shape index (κ3) is 4.40. The third-order valence-corrected chi connectivity index (χ3v) is 7.07. The quantitative estimate of drug-likeness (QED) is 0.272. The van der Waals surface area contributed by atoms with Gasteiger partial charge in [-0.25, -0.2) is 4.98 Å². The summed E-state index contributed by atoms with van der Waals surface area (Å²) in [5, 5.41) is 15.3. The largest absolute Gasteiger partial charge is 0.488 e. The average molecular weight is 492 g/mol. The normalized spacial score (nSPS) is 12.1. The van der Waals surface area contributed by atoms with Crippen LogP contribution >= 0.6 is 11.3 Å². The molecule has 6 rings (SSSR count). The van der Waals surface area contributed by atoms with Gasteiger partial charge in [-0.15, -0.1) is 11.3 Å². The SMILES string of the molecule is N#Cc1ccc(COc2ccc3nc(-c4ccc(C(=O)Nc5ccc6c(c5)NCC6)cc4)[nH]c3c2)s1. The van der Waals surface area contributed by atoms with E-state index in [0.29, 0.717) is 17.0 Å². The number of aromatic nitrogens is 2. The van der Waals surface area contributed by atoms with Crippen LogP contribution in [0.4, 0.5) is 11.4 Å². The first-order valence-electron chi connectivity index (χ1n) is 11.5. The third-order valence-electron chi connectivity index (χ3n) is 6.10. The minimum Gasteiger partial charge on any atom is -0.488 e. The molecular formula is C28H21N5O2S. The minimum atomic E-state index is -0.154. The smallest absolute Gasteiger partial charge is 0.255 e. The van der Waals surface area contributed by atoms with Crippen molar-refractivity contribution < 1.29 is 9.53 Å². The lowest BCUT2D eigenvalue weighted by Gasteiger charge is -2.08. The number of fused-ring (bicyclic) bond motifs is 2. The van der Waals surface area contributed by atoms with Crippen molar-refractivity contribution in [3.63, 3.8) is 0 Å². The fraction of sp³-hybridized carbons (Fsp3) is 0.107. The summed E-state index contributed by atoms with van der Waals surface area (Å²) < 4.78 is 5.89. The number of anilines is 2. The number of benzene rings is 3. The first-order chi connectivity index (χ1) is 17.6. The lowest BCUT2D eigenvalue weighted by molar-refractivity contribution is 0.102. The number of rotatable bonds is 6. The molecule has 8 heteroatoms. The van der Waals surface area contributed by atoms with Crippen LogP contribution in [0, 0.1) is 11.3 Å². The maximum Gasteiger partial charge on any atom is 0.255 e. The Hall–Kier alpha value is -4.61. The van der Waals surface area contributed by atoms with E-state index in [1.165, 1.54) is 16.9 Å². The molecule has 0 atom stereocenters. The molecule has 2 aromatic heterocycles. The molecular weight excluding hydrogens is 470 g/mol. The van der Waals surface area contributed by atoms with Gasteiger partial charge >= 0.3 is 0 Å². The summed E-state index contributed by atoms with van der Waals surface area (Å²) >= 11 is 1.43. The Balaban J connectivity index is 1.14. The van der Waals surface area contributed by atoms with Crippen LogP contribution in [0.15, 0.2) is 72.8 Å². The number of thiophene rings is 1. The molecule has 0 aliphatic carbocycles. The second-order valence-electron chi connectivity index (χ2n) is 8.51. The summed E-state index contributed by atoms with van der Waals surface area (Å²) in [6.07, 6.45) is 1.01. The molecule has 5 aromatic rings. The zero-order valence-electron chi connectivity index (χ0n) is 19.2. The Kier molecular flexibility index (Phi) is 5.60. The number of H-pyrrole nitrogens is 1. The zero-order valence-corrected chi connectivity index (χ0v) is 20.0. The highest BCUT2D eigenvalue weighted by atomic mass is 32.1. The second kappa shape index (κ2) is 9.21. The lowest BCUT2D eigenvalue weighted by atomic mass is 10.1. The number of nitriles is 1. The molecule has 1 aliphatic rings. The van der Waals surface area contributed by atoms with Gasteiger partial charge in [0.15, 0.2) is 0 Å². The Bertz CT molecular complexity index is 1630. The molecule has 0 saturated heterocycles. The van der Waals surface area contributed by atoms with Gasteiger partial charge in [-0.2, -0.15) is 5.26 Å². The first kappa shape index (κ1) is 21.9. The lowest BCUT2D eigenvalue weighted by Crippen LogP contribution is -2.11. The van der Waals surface area contributed by atoms with Gasteiger partial charge in [-0.05, 0) is 60.5 Å². The number of aromatic amines is 1. The number of nitrogens with one attached hydrogen (secondary N) is 3. The Labute approximate surface area is 211 Å². The van der Waals surface area contributed by atoms with E-state index in [2.05, 4.69) is 32.7 Å². The van der Waals surface area contributed by atoms with Gasteiger partial charge in [0.25, 0.3) is 5.91 Å². The molecule has 3 N–H and O–H groups in total. The fourth-order valence-electron chi connectivity index (χ4n) is 4.24. The Morgan fingerprint density at radius 2 is 1.97 bits per heavy atom. The van der Waals surface area contributed by atoms with E-state index in [4.69, 9.17) is 10.00 Å². The number of hydrogen-bond acceptors (Lipinski definition) is 6. The van der Waals surface area contributed by atoms with Crippen LogP contribution in [0.1, 0.15) is 25.7 Å². The van der Waals surface area contributed by atoms with Gasteiger partial charge in [0, 0.05) is 40.0 Å². The van der Waals surface area contributed by atoms with Crippen molar-refractivity contribution in [2.24, 2.45) is 0 Å². The van der Waals surface area contributed by atoms with Crippen LogP contribution in [-0.4, -0.2) is 22.4 Å². The molecule has 176 valence electrons. The Morgan fingerprint density at radius 3 is 2.81 bits per heavy atom. The van der Waals surface area contributed by atoms with Crippen LogP contribution in [0.5, 0.6) is 5.75 Å². The van der Waals surface area contributed by atoms with Gasteiger partial charge < -0.3 is 20.4 Å².